The third-order valence-corrected chi connectivity index (χ3v) is 2.53. The van der Waals surface area contributed by atoms with Gasteiger partial charge < -0.3 is 14.9 Å². The summed E-state index contributed by atoms with van der Waals surface area (Å²) in [7, 11) is 0. The van der Waals surface area contributed by atoms with Gasteiger partial charge in [0.1, 0.15) is 11.5 Å². The van der Waals surface area contributed by atoms with Crippen molar-refractivity contribution in [3.05, 3.63) is 53.9 Å². The van der Waals surface area contributed by atoms with Crippen LogP contribution in [0.25, 0.3) is 0 Å². The molecular weight excluding hydrogens is 262 g/mol. The number of ketones is 1. The van der Waals surface area contributed by atoms with Crippen LogP contribution in [0, 0.1) is 0 Å². The van der Waals surface area contributed by atoms with Crippen molar-refractivity contribution in [2.24, 2.45) is 0 Å². The second-order valence-electron chi connectivity index (χ2n) is 3.94. The molecule has 6 heteroatoms. The van der Waals surface area contributed by atoms with E-state index in [1.165, 1.54) is 36.7 Å². The van der Waals surface area contributed by atoms with Crippen molar-refractivity contribution in [3.63, 3.8) is 0 Å². The third kappa shape index (κ3) is 3.11. The highest BCUT2D eigenvalue weighted by atomic mass is 16.5. The molecule has 0 saturated carbocycles. The molecule has 0 saturated heterocycles. The Labute approximate surface area is 114 Å². The van der Waals surface area contributed by atoms with E-state index in [0.717, 1.165) is 6.07 Å². The number of benzene rings is 1. The summed E-state index contributed by atoms with van der Waals surface area (Å²) >= 11 is 0. The molecular formula is C14H11NO5. The molecule has 6 nitrogen and oxygen atoms in total. The molecule has 102 valence electrons. The normalized spacial score (nSPS) is 10.0. The molecule has 0 unspecified atom stereocenters. The fraction of sp³-hybridized carbons (Fsp3) is 0.0714. The van der Waals surface area contributed by atoms with Crippen molar-refractivity contribution in [2.75, 3.05) is 6.61 Å². The van der Waals surface area contributed by atoms with E-state index in [1.807, 2.05) is 0 Å². The second kappa shape index (κ2) is 5.83. The molecule has 0 spiro atoms. The van der Waals surface area contributed by atoms with Gasteiger partial charge in [-0.1, -0.05) is 0 Å². The lowest BCUT2D eigenvalue weighted by atomic mass is 10.1. The topological polar surface area (TPSA) is 96.7 Å². The zero-order valence-corrected chi connectivity index (χ0v) is 10.3. The van der Waals surface area contributed by atoms with Crippen LogP contribution < -0.4 is 0 Å². The number of aromatic hydroxyl groups is 2. The van der Waals surface area contributed by atoms with Gasteiger partial charge in [-0.2, -0.15) is 0 Å². The summed E-state index contributed by atoms with van der Waals surface area (Å²) in [6, 6.07) is 6.48. The smallest absolute Gasteiger partial charge is 0.338 e. The van der Waals surface area contributed by atoms with Gasteiger partial charge in [-0.25, -0.2) is 4.79 Å². The number of phenols is 2. The molecule has 0 bridgehead atoms. The van der Waals surface area contributed by atoms with E-state index >= 15 is 0 Å². The van der Waals surface area contributed by atoms with Gasteiger partial charge in [0, 0.05) is 18.5 Å². The zero-order chi connectivity index (χ0) is 14.5. The first-order valence-electron chi connectivity index (χ1n) is 5.70. The lowest BCUT2D eigenvalue weighted by molar-refractivity contribution is 0.0473. The minimum Gasteiger partial charge on any atom is -0.508 e. The lowest BCUT2D eigenvalue weighted by Crippen LogP contribution is -2.14. The van der Waals surface area contributed by atoms with Crippen LogP contribution in [0.4, 0.5) is 0 Å². The van der Waals surface area contributed by atoms with Crippen molar-refractivity contribution in [1.29, 1.82) is 0 Å². The standard InChI is InChI=1S/C14H11NO5/c16-10-1-2-11(12(17)7-10)13(18)8-20-14(19)9-3-5-15-6-4-9/h1-7,16-17H,8H2. The molecule has 0 fully saturated rings. The SMILES string of the molecule is O=C(OCC(=O)c1ccc(O)cc1O)c1ccncc1. The number of Topliss-reactive ketones (excluding diaryl/α,β-unsaturated/α-hetero) is 1. The van der Waals surface area contributed by atoms with Gasteiger partial charge in [0.05, 0.1) is 11.1 Å². The number of pyridine rings is 1. The molecule has 20 heavy (non-hydrogen) atoms. The molecule has 0 aliphatic carbocycles. The van der Waals surface area contributed by atoms with Crippen molar-refractivity contribution in [3.8, 4) is 11.5 Å². The molecule has 0 amide bonds. The number of hydrogen-bond donors (Lipinski definition) is 2. The largest absolute Gasteiger partial charge is 0.508 e. The van der Waals surface area contributed by atoms with Crippen LogP contribution in [0.5, 0.6) is 11.5 Å². The second-order valence-corrected chi connectivity index (χ2v) is 3.94. The van der Waals surface area contributed by atoms with Crippen molar-refractivity contribution in [1.82, 2.24) is 4.98 Å². The minimum atomic E-state index is -0.654. The zero-order valence-electron chi connectivity index (χ0n) is 10.3. The molecule has 2 N–H and O–H groups in total. The summed E-state index contributed by atoms with van der Waals surface area (Å²) < 4.78 is 4.84. The molecule has 0 radical (unpaired) electrons. The summed E-state index contributed by atoms with van der Waals surface area (Å²) in [5.41, 5.74) is 0.257. The number of rotatable bonds is 4. The van der Waals surface area contributed by atoms with Gasteiger partial charge >= 0.3 is 5.97 Å². The molecule has 1 heterocycles. The maximum atomic E-state index is 11.8. The van der Waals surface area contributed by atoms with Crippen molar-refractivity contribution < 1.29 is 24.5 Å². The highest BCUT2D eigenvalue weighted by Crippen LogP contribution is 2.22. The molecule has 1 aromatic heterocycles. The number of hydrogen-bond acceptors (Lipinski definition) is 6. The van der Waals surface area contributed by atoms with Crippen molar-refractivity contribution >= 4 is 11.8 Å². The predicted octanol–water partition coefficient (Wildman–Crippen LogP) is 1.53. The van der Waals surface area contributed by atoms with Crippen LogP contribution >= 0.6 is 0 Å². The maximum absolute atomic E-state index is 11.8. The van der Waals surface area contributed by atoms with E-state index < -0.39 is 18.4 Å². The number of carbonyl (C=O) groups is 2. The predicted molar refractivity (Wildman–Crippen MR) is 68.6 cm³/mol. The van der Waals surface area contributed by atoms with Crippen molar-refractivity contribution in [2.45, 2.75) is 0 Å². The number of esters is 1. The summed E-state index contributed by atoms with van der Waals surface area (Å²) in [5.74, 6) is -1.74. The summed E-state index contributed by atoms with van der Waals surface area (Å²) in [4.78, 5) is 27.2. The lowest BCUT2D eigenvalue weighted by Gasteiger charge is -2.06. The minimum absolute atomic E-state index is 0.0228. The first-order chi connectivity index (χ1) is 9.58. The number of nitrogens with zero attached hydrogens (tertiary/aromatic N) is 1. The first-order valence-corrected chi connectivity index (χ1v) is 5.70. The molecule has 2 rings (SSSR count). The molecule has 0 aliphatic heterocycles. The van der Waals surface area contributed by atoms with Crippen LogP contribution in [0.3, 0.4) is 0 Å². The summed E-state index contributed by atoms with van der Waals surface area (Å²) in [5, 5.41) is 18.6. The van der Waals surface area contributed by atoms with E-state index in [4.69, 9.17) is 9.84 Å². The van der Waals surface area contributed by atoms with Crippen LogP contribution in [0.1, 0.15) is 20.7 Å². The van der Waals surface area contributed by atoms with Gasteiger partial charge in [0.2, 0.25) is 5.78 Å². The van der Waals surface area contributed by atoms with E-state index in [2.05, 4.69) is 4.98 Å². The van der Waals surface area contributed by atoms with E-state index in [-0.39, 0.29) is 22.6 Å². The number of ether oxygens (including phenoxy) is 1. The quantitative estimate of drug-likeness (QED) is 0.647. The Kier molecular flexibility index (Phi) is 3.95. The Hall–Kier alpha value is -2.89. The Morgan fingerprint density at radius 1 is 1.10 bits per heavy atom. The Balaban J connectivity index is 2.00. The molecule has 0 atom stereocenters. The first kappa shape index (κ1) is 13.5. The fourth-order valence-corrected chi connectivity index (χ4v) is 1.54. The average Bonchev–Trinajstić information content (AvgIpc) is 2.45. The monoisotopic (exact) mass is 273 g/mol. The highest BCUT2D eigenvalue weighted by molar-refractivity contribution is 6.01. The summed E-state index contributed by atoms with van der Waals surface area (Å²) in [6.07, 6.45) is 2.87. The van der Waals surface area contributed by atoms with Crippen LogP contribution in [-0.4, -0.2) is 33.6 Å². The van der Waals surface area contributed by atoms with Crippen LogP contribution in [-0.2, 0) is 4.74 Å². The Morgan fingerprint density at radius 2 is 1.80 bits per heavy atom. The van der Waals surface area contributed by atoms with Crippen LogP contribution in [0.2, 0.25) is 0 Å². The third-order valence-electron chi connectivity index (χ3n) is 2.53. The van der Waals surface area contributed by atoms with Gasteiger partial charge in [-0.15, -0.1) is 0 Å². The van der Waals surface area contributed by atoms with E-state index in [1.54, 1.807) is 0 Å². The number of aromatic nitrogens is 1. The molecule has 1 aromatic carbocycles. The molecule has 2 aromatic rings. The Morgan fingerprint density at radius 3 is 2.45 bits per heavy atom. The fourth-order valence-electron chi connectivity index (χ4n) is 1.54. The van der Waals surface area contributed by atoms with Gasteiger partial charge in [-0.3, -0.25) is 9.78 Å². The highest BCUT2D eigenvalue weighted by Gasteiger charge is 2.15. The maximum Gasteiger partial charge on any atom is 0.338 e. The van der Waals surface area contributed by atoms with E-state index in [9.17, 15) is 14.7 Å². The van der Waals surface area contributed by atoms with Gasteiger partial charge in [0.25, 0.3) is 0 Å². The van der Waals surface area contributed by atoms with Crippen LogP contribution in [0.15, 0.2) is 42.7 Å². The van der Waals surface area contributed by atoms with E-state index in [0.29, 0.717) is 0 Å². The number of phenolic OH excluding ortho intramolecular Hbond substituents is 2. The Bertz CT molecular complexity index is 639. The average molecular weight is 273 g/mol. The molecule has 0 aliphatic rings. The van der Waals surface area contributed by atoms with Gasteiger partial charge in [0.15, 0.2) is 6.61 Å². The number of carbonyl (C=O) groups excluding carboxylic acids is 2. The van der Waals surface area contributed by atoms with Gasteiger partial charge in [-0.05, 0) is 24.3 Å². The summed E-state index contributed by atoms with van der Waals surface area (Å²) in [6.45, 7) is -0.501.